The molecule has 10 nitrogen and oxygen atoms in total. The maximum absolute atomic E-state index is 12.6. The molecule has 0 aromatic carbocycles. The van der Waals surface area contributed by atoms with E-state index in [2.05, 4.69) is 42.7 Å². The van der Waals surface area contributed by atoms with Crippen molar-refractivity contribution in [3.8, 4) is 0 Å². The number of phosphoric ester groups is 1. The van der Waals surface area contributed by atoms with Crippen molar-refractivity contribution in [1.29, 1.82) is 0 Å². The predicted molar refractivity (Wildman–Crippen MR) is 205 cm³/mol. The number of allylic oxidation sites excluding steroid dienone is 4. The molecule has 0 bridgehead atoms. The molecule has 0 aromatic heterocycles. The van der Waals surface area contributed by atoms with Crippen molar-refractivity contribution in [1.82, 2.24) is 0 Å². The Labute approximate surface area is 310 Å². The lowest BCUT2D eigenvalue weighted by molar-refractivity contribution is -0.161. The molecule has 0 radical (unpaired) electrons. The zero-order chi connectivity index (χ0) is 37.7. The highest BCUT2D eigenvalue weighted by atomic mass is 31.2. The molecule has 0 spiro atoms. The van der Waals surface area contributed by atoms with E-state index in [-0.39, 0.29) is 19.4 Å². The van der Waals surface area contributed by atoms with Crippen LogP contribution in [0.2, 0.25) is 0 Å². The largest absolute Gasteiger partial charge is 0.472 e. The van der Waals surface area contributed by atoms with E-state index < -0.39 is 51.8 Å². The molecular weight excluding hydrogens is 671 g/mol. The number of phosphoric acid groups is 1. The third-order valence-corrected chi connectivity index (χ3v) is 9.53. The highest BCUT2D eigenvalue weighted by Gasteiger charge is 2.27. The van der Waals surface area contributed by atoms with E-state index in [1.807, 2.05) is 0 Å². The fourth-order valence-corrected chi connectivity index (χ4v) is 6.18. The Morgan fingerprint density at radius 1 is 0.569 bits per heavy atom. The first-order valence-electron chi connectivity index (χ1n) is 20.3. The second kappa shape index (κ2) is 36.8. The van der Waals surface area contributed by atoms with Gasteiger partial charge in [-0.05, 0) is 64.2 Å². The number of carbonyl (C=O) groups is 2. The van der Waals surface area contributed by atoms with Crippen LogP contribution in [0.5, 0.6) is 0 Å². The first-order valence-corrected chi connectivity index (χ1v) is 21.8. The summed E-state index contributed by atoms with van der Waals surface area (Å²) in [5.41, 5.74) is 0. The number of esters is 2. The fraction of sp³-hybridized carbons (Fsp3) is 0.850. The van der Waals surface area contributed by atoms with Gasteiger partial charge in [0.1, 0.15) is 12.7 Å². The predicted octanol–water partition coefficient (Wildman–Crippen LogP) is 10.2. The van der Waals surface area contributed by atoms with Gasteiger partial charge in [-0.3, -0.25) is 18.6 Å². The Balaban J connectivity index is 4.35. The Kier molecular flexibility index (Phi) is 35.7. The molecule has 1 unspecified atom stereocenters. The van der Waals surface area contributed by atoms with Crippen LogP contribution in [0, 0.1) is 0 Å². The molecule has 0 heterocycles. The summed E-state index contributed by atoms with van der Waals surface area (Å²) >= 11 is 0. The number of unbranched alkanes of at least 4 members (excludes halogenated alkanes) is 20. The minimum Gasteiger partial charge on any atom is -0.462 e. The van der Waals surface area contributed by atoms with E-state index in [1.165, 1.54) is 77.0 Å². The number of hydrogen-bond acceptors (Lipinski definition) is 9. The molecule has 3 N–H and O–H groups in total. The van der Waals surface area contributed by atoms with Gasteiger partial charge in [0.2, 0.25) is 0 Å². The summed E-state index contributed by atoms with van der Waals surface area (Å²) in [5.74, 6) is -0.938. The summed E-state index contributed by atoms with van der Waals surface area (Å²) in [6.07, 6.45) is 34.3. The number of ether oxygens (including phenoxy) is 2. The van der Waals surface area contributed by atoms with Gasteiger partial charge in [0.25, 0.3) is 0 Å². The molecule has 0 saturated carbocycles. The van der Waals surface area contributed by atoms with Crippen LogP contribution in [-0.4, -0.2) is 65.7 Å². The summed E-state index contributed by atoms with van der Waals surface area (Å²) in [7, 11) is -4.61. The summed E-state index contributed by atoms with van der Waals surface area (Å²) in [6, 6.07) is 0. The highest BCUT2D eigenvalue weighted by Crippen LogP contribution is 2.43. The average Bonchev–Trinajstić information content (AvgIpc) is 3.12. The van der Waals surface area contributed by atoms with Gasteiger partial charge in [0.15, 0.2) is 6.10 Å². The Hall–Kier alpha value is -1.55. The first-order chi connectivity index (χ1) is 24.7. The molecule has 0 fully saturated rings. The second-order valence-electron chi connectivity index (χ2n) is 13.7. The monoisotopic (exact) mass is 747 g/mol. The highest BCUT2D eigenvalue weighted by molar-refractivity contribution is 7.47. The van der Waals surface area contributed by atoms with Crippen molar-refractivity contribution in [3.63, 3.8) is 0 Å². The van der Waals surface area contributed by atoms with Crippen LogP contribution < -0.4 is 0 Å². The zero-order valence-electron chi connectivity index (χ0n) is 32.3. The molecular formula is C40H75O10P. The molecule has 0 rings (SSSR count). The second-order valence-corrected chi connectivity index (χ2v) is 15.1. The van der Waals surface area contributed by atoms with Gasteiger partial charge in [0.05, 0.1) is 19.8 Å². The lowest BCUT2D eigenvalue weighted by Gasteiger charge is -2.20. The number of aliphatic hydroxyl groups excluding tert-OH is 2. The molecule has 11 heteroatoms. The maximum Gasteiger partial charge on any atom is 0.472 e. The molecule has 3 atom stereocenters. The molecule has 0 aliphatic rings. The standard InChI is InChI=1S/C40H75O10P/c1-3-5-7-9-11-13-15-17-18-20-22-24-26-28-30-32-40(44)50-38(36-49-51(45,46)48-34-37(42)33-41)35-47-39(43)31-29-27-25-23-21-19-16-14-12-10-8-6-4-2/h13-16,37-38,41-42H,3-12,17-36H2,1-2H3,(H,45,46)/b15-13+,16-14+/t37-,38+/m0/s1. The van der Waals surface area contributed by atoms with Crippen LogP contribution in [0.15, 0.2) is 24.3 Å². The van der Waals surface area contributed by atoms with E-state index in [0.29, 0.717) is 12.8 Å². The van der Waals surface area contributed by atoms with E-state index in [4.69, 9.17) is 19.1 Å². The van der Waals surface area contributed by atoms with Crippen LogP contribution in [0.1, 0.15) is 181 Å². The maximum atomic E-state index is 12.6. The van der Waals surface area contributed by atoms with Crippen molar-refractivity contribution in [2.75, 3.05) is 26.4 Å². The third kappa shape index (κ3) is 36.6. The molecule has 0 saturated heterocycles. The average molecular weight is 747 g/mol. The van der Waals surface area contributed by atoms with Crippen molar-refractivity contribution < 1.29 is 47.8 Å². The van der Waals surface area contributed by atoms with Crippen molar-refractivity contribution >= 4 is 19.8 Å². The van der Waals surface area contributed by atoms with E-state index >= 15 is 0 Å². The minimum atomic E-state index is -4.61. The van der Waals surface area contributed by atoms with Crippen LogP contribution in [-0.2, 0) is 32.7 Å². The lowest BCUT2D eigenvalue weighted by Crippen LogP contribution is -2.29. The Morgan fingerprint density at radius 3 is 1.41 bits per heavy atom. The van der Waals surface area contributed by atoms with Crippen molar-refractivity contribution in [2.45, 2.75) is 193 Å². The zero-order valence-corrected chi connectivity index (χ0v) is 33.2. The number of hydrogen-bond donors (Lipinski definition) is 3. The molecule has 51 heavy (non-hydrogen) atoms. The normalized spacial score (nSPS) is 14.2. The van der Waals surface area contributed by atoms with Gasteiger partial charge in [-0.2, -0.15) is 0 Å². The molecule has 0 amide bonds. The number of rotatable bonds is 38. The molecule has 0 aliphatic heterocycles. The summed E-state index contributed by atoms with van der Waals surface area (Å²) in [4.78, 5) is 34.9. The van der Waals surface area contributed by atoms with Crippen LogP contribution >= 0.6 is 7.82 Å². The Bertz CT molecular complexity index is 910. The van der Waals surface area contributed by atoms with Crippen LogP contribution in [0.3, 0.4) is 0 Å². The van der Waals surface area contributed by atoms with E-state index in [1.54, 1.807) is 0 Å². The van der Waals surface area contributed by atoms with Gasteiger partial charge in [0, 0.05) is 12.8 Å². The molecule has 0 aliphatic carbocycles. The topological polar surface area (TPSA) is 149 Å². The van der Waals surface area contributed by atoms with Crippen LogP contribution in [0.4, 0.5) is 0 Å². The number of carbonyl (C=O) groups excluding carboxylic acids is 2. The third-order valence-electron chi connectivity index (χ3n) is 8.58. The number of aliphatic hydroxyl groups is 2. The first kappa shape index (κ1) is 49.5. The van der Waals surface area contributed by atoms with Gasteiger partial charge >= 0.3 is 19.8 Å². The smallest absolute Gasteiger partial charge is 0.462 e. The van der Waals surface area contributed by atoms with E-state index in [0.717, 1.165) is 64.2 Å². The van der Waals surface area contributed by atoms with Crippen molar-refractivity contribution in [3.05, 3.63) is 24.3 Å². The van der Waals surface area contributed by atoms with Gasteiger partial charge in [-0.1, -0.05) is 128 Å². The van der Waals surface area contributed by atoms with Gasteiger partial charge in [-0.25, -0.2) is 4.57 Å². The summed E-state index contributed by atoms with van der Waals surface area (Å²) in [5, 5.41) is 18.3. The van der Waals surface area contributed by atoms with E-state index in [9.17, 15) is 24.2 Å². The van der Waals surface area contributed by atoms with Gasteiger partial charge < -0.3 is 24.6 Å². The van der Waals surface area contributed by atoms with Crippen LogP contribution in [0.25, 0.3) is 0 Å². The summed E-state index contributed by atoms with van der Waals surface area (Å²) in [6.45, 7) is 2.33. The SMILES string of the molecule is CCCCCC/C=C/CCCCCCCCCC(=O)O[C@H](COC(=O)CCCCCCC/C=C/CCCCCC)COP(=O)(O)OC[C@@H](O)CO. The molecule has 300 valence electrons. The Morgan fingerprint density at radius 2 is 0.961 bits per heavy atom. The quantitative estimate of drug-likeness (QED) is 0.0241. The lowest BCUT2D eigenvalue weighted by atomic mass is 10.1. The molecule has 0 aromatic rings. The minimum absolute atomic E-state index is 0.179. The van der Waals surface area contributed by atoms with Crippen molar-refractivity contribution in [2.24, 2.45) is 0 Å². The van der Waals surface area contributed by atoms with Gasteiger partial charge in [-0.15, -0.1) is 0 Å². The summed E-state index contributed by atoms with van der Waals surface area (Å²) < 4.78 is 32.6. The fourth-order valence-electron chi connectivity index (χ4n) is 5.39.